The van der Waals surface area contributed by atoms with Crippen LogP contribution in [0, 0.1) is 0 Å². The highest BCUT2D eigenvalue weighted by Gasteiger charge is 2.44. The maximum atomic E-state index is 13.2. The molecule has 1 aliphatic heterocycles. The lowest BCUT2D eigenvalue weighted by Crippen LogP contribution is -2.60. The summed E-state index contributed by atoms with van der Waals surface area (Å²) in [6, 6.07) is -1.19. The summed E-state index contributed by atoms with van der Waals surface area (Å²) >= 11 is 0. The lowest BCUT2D eigenvalue weighted by Gasteiger charge is -2.40. The number of hydrogen-bond acceptors (Lipinski definition) is 10. The molecule has 0 aliphatic carbocycles. The fourth-order valence-corrected chi connectivity index (χ4v) is 9.48. The Morgan fingerprint density at radius 1 is 0.486 bits per heavy atom. The van der Waals surface area contributed by atoms with Crippen LogP contribution in [0.3, 0.4) is 0 Å². The maximum Gasteiger partial charge on any atom is 0.249 e. The molecule has 0 aromatic rings. The van der Waals surface area contributed by atoms with Gasteiger partial charge in [-0.3, -0.25) is 4.79 Å². The number of allylic oxidation sites excluding steroid dienone is 8. The molecule has 11 nitrogen and oxygen atoms in total. The van der Waals surface area contributed by atoms with Crippen molar-refractivity contribution in [1.82, 2.24) is 5.32 Å². The van der Waals surface area contributed by atoms with Crippen molar-refractivity contribution in [2.75, 3.05) is 13.2 Å². The number of ether oxygens (including phenoxy) is 2. The molecular formula is C61H113NO10. The molecule has 1 saturated heterocycles. The van der Waals surface area contributed by atoms with Crippen molar-refractivity contribution in [3.05, 3.63) is 48.6 Å². The lowest BCUT2D eigenvalue weighted by molar-refractivity contribution is -0.303. The standard InChI is InChI=1S/C61H113NO10/c1-3-5-7-9-11-13-15-17-18-19-20-21-22-23-24-25-26-27-28-29-30-31-32-33-34-35-37-39-41-43-45-47-49-54(65)60(70)62-52(51-71-61-59(69)58(68)57(67)55(50-63)72-61)56(66)53(64)48-46-44-42-40-38-36-16-14-12-10-8-6-4-2/h6,8,14,16,23-24,40,42,52-59,61,63-69H,3-5,7,9-13,15,17-22,25-39,41,43-51H2,1-2H3,(H,62,70)/b8-6+,16-14+,24-23-,42-40+. The normalized spacial score (nSPS) is 20.4. The van der Waals surface area contributed by atoms with Crippen LogP contribution in [0.25, 0.3) is 0 Å². The van der Waals surface area contributed by atoms with Crippen LogP contribution in [-0.4, -0.2) is 110 Å². The van der Waals surface area contributed by atoms with Crippen molar-refractivity contribution in [2.45, 2.75) is 319 Å². The zero-order chi connectivity index (χ0) is 52.5. The average molecular weight is 1020 g/mol. The Kier molecular flexibility index (Phi) is 47.2. The molecular weight excluding hydrogens is 907 g/mol. The third-order valence-corrected chi connectivity index (χ3v) is 14.3. The van der Waals surface area contributed by atoms with Gasteiger partial charge in [-0.05, 0) is 83.5 Å². The number of carbonyl (C=O) groups excluding carboxylic acids is 1. The Bertz CT molecular complexity index is 1310. The van der Waals surface area contributed by atoms with E-state index < -0.39 is 74.2 Å². The zero-order valence-electron chi connectivity index (χ0n) is 46.2. The van der Waals surface area contributed by atoms with E-state index in [1.54, 1.807) is 0 Å². The van der Waals surface area contributed by atoms with E-state index in [1.807, 2.05) is 0 Å². The van der Waals surface area contributed by atoms with Gasteiger partial charge in [0.1, 0.15) is 36.6 Å². The molecule has 9 atom stereocenters. The van der Waals surface area contributed by atoms with E-state index >= 15 is 0 Å². The van der Waals surface area contributed by atoms with Gasteiger partial charge in [0.15, 0.2) is 6.29 Å². The second-order valence-corrected chi connectivity index (χ2v) is 21.0. The number of aliphatic hydroxyl groups excluding tert-OH is 7. The largest absolute Gasteiger partial charge is 0.394 e. The summed E-state index contributed by atoms with van der Waals surface area (Å²) in [6.45, 7) is 3.33. The number of carbonyl (C=O) groups is 1. The van der Waals surface area contributed by atoms with Crippen molar-refractivity contribution < 1.29 is 50.0 Å². The van der Waals surface area contributed by atoms with Crippen molar-refractivity contribution in [1.29, 1.82) is 0 Å². The quantitative estimate of drug-likeness (QED) is 0.0215. The summed E-state index contributed by atoms with van der Waals surface area (Å²) in [7, 11) is 0. The molecule has 0 saturated carbocycles. The fraction of sp³-hybridized carbons (Fsp3) is 0.852. The van der Waals surface area contributed by atoms with Crippen LogP contribution in [0.15, 0.2) is 48.6 Å². The summed E-state index contributed by atoms with van der Waals surface area (Å²) < 4.78 is 11.1. The number of unbranched alkanes of at least 4 members (excludes halogenated alkanes) is 31. The average Bonchev–Trinajstić information content (AvgIpc) is 3.38. The molecule has 9 unspecified atom stereocenters. The molecule has 0 bridgehead atoms. The molecule has 0 spiro atoms. The van der Waals surface area contributed by atoms with Gasteiger partial charge in [0.25, 0.3) is 0 Å². The van der Waals surface area contributed by atoms with E-state index in [2.05, 4.69) is 67.8 Å². The first-order valence-electron chi connectivity index (χ1n) is 30.0. The molecule has 1 rings (SSSR count). The lowest BCUT2D eigenvalue weighted by atomic mass is 9.98. The Morgan fingerprint density at radius 2 is 0.875 bits per heavy atom. The molecule has 422 valence electrons. The highest BCUT2D eigenvalue weighted by molar-refractivity contribution is 5.80. The van der Waals surface area contributed by atoms with Crippen molar-refractivity contribution >= 4 is 5.91 Å². The van der Waals surface area contributed by atoms with E-state index in [1.165, 1.54) is 167 Å². The van der Waals surface area contributed by atoms with Crippen LogP contribution >= 0.6 is 0 Å². The van der Waals surface area contributed by atoms with Crippen LogP contribution in [0.4, 0.5) is 0 Å². The van der Waals surface area contributed by atoms with Crippen LogP contribution in [0.5, 0.6) is 0 Å². The molecule has 1 aliphatic rings. The summed E-state index contributed by atoms with van der Waals surface area (Å²) in [5, 5.41) is 75.9. The third kappa shape index (κ3) is 37.7. The second kappa shape index (κ2) is 49.9. The van der Waals surface area contributed by atoms with Gasteiger partial charge in [-0.25, -0.2) is 0 Å². The first-order chi connectivity index (χ1) is 35.2. The Hall–Kier alpha value is -1.93. The molecule has 0 aromatic carbocycles. The first-order valence-corrected chi connectivity index (χ1v) is 30.0. The molecule has 1 fully saturated rings. The van der Waals surface area contributed by atoms with Crippen molar-refractivity contribution in [2.24, 2.45) is 0 Å². The number of aliphatic hydroxyl groups is 7. The van der Waals surface area contributed by atoms with Gasteiger partial charge in [-0.2, -0.15) is 0 Å². The summed E-state index contributed by atoms with van der Waals surface area (Å²) in [5.74, 6) is -0.712. The zero-order valence-corrected chi connectivity index (χ0v) is 46.2. The smallest absolute Gasteiger partial charge is 0.249 e. The van der Waals surface area contributed by atoms with Crippen molar-refractivity contribution in [3.8, 4) is 0 Å². The third-order valence-electron chi connectivity index (χ3n) is 14.3. The van der Waals surface area contributed by atoms with Crippen LogP contribution in [0.1, 0.15) is 264 Å². The SMILES string of the molecule is CC/C=C/CC/C=C/CC/C=C/CCCC(O)C(O)C(COC1OC(CO)C(O)C(O)C1O)NC(=O)C(O)CCCCCCCCCCCCCCCCCC/C=C\CCCCCCCCCCCCCC. The molecule has 1 amide bonds. The Labute approximate surface area is 440 Å². The molecule has 72 heavy (non-hydrogen) atoms. The molecule has 0 radical (unpaired) electrons. The molecule has 0 aromatic heterocycles. The molecule has 1 heterocycles. The van der Waals surface area contributed by atoms with Crippen LogP contribution < -0.4 is 5.32 Å². The topological polar surface area (TPSA) is 189 Å². The minimum Gasteiger partial charge on any atom is -0.394 e. The Balaban J connectivity index is 2.20. The van der Waals surface area contributed by atoms with Gasteiger partial charge in [-0.1, -0.05) is 229 Å². The van der Waals surface area contributed by atoms with Gasteiger partial charge in [0, 0.05) is 0 Å². The monoisotopic (exact) mass is 1020 g/mol. The predicted molar refractivity (Wildman–Crippen MR) is 298 cm³/mol. The Morgan fingerprint density at radius 3 is 1.31 bits per heavy atom. The second-order valence-electron chi connectivity index (χ2n) is 21.0. The van der Waals surface area contributed by atoms with E-state index in [-0.39, 0.29) is 12.8 Å². The van der Waals surface area contributed by atoms with Gasteiger partial charge >= 0.3 is 0 Å². The number of amides is 1. The van der Waals surface area contributed by atoms with Gasteiger partial charge in [-0.15, -0.1) is 0 Å². The minimum atomic E-state index is -1.67. The van der Waals surface area contributed by atoms with Gasteiger partial charge in [0.2, 0.25) is 5.91 Å². The maximum absolute atomic E-state index is 13.2. The summed E-state index contributed by atoms with van der Waals surface area (Å²) in [4.78, 5) is 13.2. The predicted octanol–water partition coefficient (Wildman–Crippen LogP) is 12.8. The summed E-state index contributed by atoms with van der Waals surface area (Å²) in [6.07, 6.45) is 52.0. The van der Waals surface area contributed by atoms with Crippen LogP contribution in [0.2, 0.25) is 0 Å². The van der Waals surface area contributed by atoms with Crippen molar-refractivity contribution in [3.63, 3.8) is 0 Å². The van der Waals surface area contributed by atoms with Crippen LogP contribution in [-0.2, 0) is 14.3 Å². The van der Waals surface area contributed by atoms with E-state index in [0.717, 1.165) is 51.4 Å². The fourth-order valence-electron chi connectivity index (χ4n) is 9.48. The number of hydrogen-bond donors (Lipinski definition) is 8. The molecule has 11 heteroatoms. The van der Waals surface area contributed by atoms with Gasteiger partial charge < -0.3 is 50.5 Å². The van der Waals surface area contributed by atoms with Gasteiger partial charge in [0.05, 0.1) is 25.4 Å². The molecule has 8 N–H and O–H groups in total. The summed E-state index contributed by atoms with van der Waals surface area (Å²) in [5.41, 5.74) is 0. The number of rotatable bonds is 51. The van der Waals surface area contributed by atoms with E-state index in [0.29, 0.717) is 19.3 Å². The minimum absolute atomic E-state index is 0.240. The van der Waals surface area contributed by atoms with E-state index in [9.17, 15) is 40.5 Å². The van der Waals surface area contributed by atoms with E-state index in [4.69, 9.17) is 9.47 Å². The highest BCUT2D eigenvalue weighted by atomic mass is 16.7. The highest BCUT2D eigenvalue weighted by Crippen LogP contribution is 2.23. The first kappa shape index (κ1) is 68.1. The number of nitrogens with one attached hydrogen (secondary N) is 1.